The van der Waals surface area contributed by atoms with E-state index in [1.165, 1.54) is 6.42 Å². The summed E-state index contributed by atoms with van der Waals surface area (Å²) in [5, 5.41) is 13.6. The maximum absolute atomic E-state index is 12.6. The molecule has 0 saturated heterocycles. The summed E-state index contributed by atoms with van der Waals surface area (Å²) in [5.74, 6) is 1.50. The number of carbonyl (C=O) groups is 2. The van der Waals surface area contributed by atoms with Crippen molar-refractivity contribution in [1.82, 2.24) is 0 Å². The molecule has 5 aliphatic rings. The van der Waals surface area contributed by atoms with E-state index >= 15 is 0 Å². The Morgan fingerprint density at radius 1 is 1.21 bits per heavy atom. The molecule has 4 saturated carbocycles. The van der Waals surface area contributed by atoms with Crippen LogP contribution in [0.2, 0.25) is 0 Å². The van der Waals surface area contributed by atoms with Gasteiger partial charge in [-0.3, -0.25) is 9.59 Å². The molecule has 1 aliphatic heterocycles. The molecule has 3 atom stereocenters. The average Bonchev–Trinajstić information content (AvgIpc) is 3.06. The van der Waals surface area contributed by atoms with Gasteiger partial charge in [0.2, 0.25) is 6.79 Å². The van der Waals surface area contributed by atoms with Gasteiger partial charge in [0, 0.05) is 11.8 Å². The number of fused-ring (bicyclic) bond motifs is 1. The minimum atomic E-state index is -0.898. The Balaban J connectivity index is 1.18. The summed E-state index contributed by atoms with van der Waals surface area (Å²) in [7, 11) is 0. The van der Waals surface area contributed by atoms with Crippen LogP contribution >= 0.6 is 0 Å². The van der Waals surface area contributed by atoms with E-state index in [4.69, 9.17) is 14.2 Å². The number of carbonyl (C=O) groups excluding carboxylic acids is 2. The van der Waals surface area contributed by atoms with Gasteiger partial charge in [0.15, 0.2) is 17.6 Å². The van der Waals surface area contributed by atoms with Crippen LogP contribution in [-0.2, 0) is 14.3 Å². The van der Waals surface area contributed by atoms with Crippen molar-refractivity contribution in [2.24, 2.45) is 17.3 Å². The summed E-state index contributed by atoms with van der Waals surface area (Å²) in [6.07, 6.45) is 4.95. The minimum absolute atomic E-state index is 0.163. The first kappa shape index (κ1) is 18.7. The van der Waals surface area contributed by atoms with Gasteiger partial charge in [-0.05, 0) is 74.8 Å². The standard InChI is InChI=1S/C22H27NO6/c1-13(20(25)23-16-2-3-17-18(5-16)28-12-27-17)29-19(24)10-21-6-14-4-15(7-21)9-22(26,8-14)11-21/h2-3,5,13-15,26H,4,6-12H2,1H3,(H,23,25)/t13-,14+,15+,21?,22?/m0/s1. The molecule has 2 N–H and O–H groups in total. The molecule has 156 valence electrons. The van der Waals surface area contributed by atoms with Crippen LogP contribution in [0.4, 0.5) is 5.69 Å². The second kappa shape index (κ2) is 6.62. The highest BCUT2D eigenvalue weighted by atomic mass is 16.7. The molecular weight excluding hydrogens is 374 g/mol. The van der Waals surface area contributed by atoms with Crippen LogP contribution < -0.4 is 14.8 Å². The number of nitrogens with one attached hydrogen (secondary N) is 1. The monoisotopic (exact) mass is 401 g/mol. The van der Waals surface area contributed by atoms with Gasteiger partial charge in [0.05, 0.1) is 12.0 Å². The largest absolute Gasteiger partial charge is 0.454 e. The first-order chi connectivity index (χ1) is 13.8. The topological polar surface area (TPSA) is 94.1 Å². The van der Waals surface area contributed by atoms with Crippen LogP contribution in [0.3, 0.4) is 0 Å². The summed E-state index contributed by atoms with van der Waals surface area (Å²) in [6, 6.07) is 5.13. The molecule has 6 rings (SSSR count). The minimum Gasteiger partial charge on any atom is -0.454 e. The third-order valence-corrected chi connectivity index (χ3v) is 6.99. The molecule has 4 bridgehead atoms. The average molecular weight is 401 g/mol. The summed E-state index contributed by atoms with van der Waals surface area (Å²) in [4.78, 5) is 25.1. The summed E-state index contributed by atoms with van der Waals surface area (Å²) >= 11 is 0. The molecule has 7 nitrogen and oxygen atoms in total. The number of amides is 1. The molecule has 0 unspecified atom stereocenters. The molecule has 4 aliphatic carbocycles. The predicted octanol–water partition coefficient (Wildman–Crippen LogP) is 3.01. The second-order valence-corrected chi connectivity index (χ2v) is 9.55. The fraction of sp³-hybridized carbons (Fsp3) is 0.636. The maximum Gasteiger partial charge on any atom is 0.307 e. The van der Waals surface area contributed by atoms with E-state index in [1.807, 2.05) is 0 Å². The molecule has 0 radical (unpaired) electrons. The smallest absolute Gasteiger partial charge is 0.307 e. The Bertz CT molecular complexity index is 838. The van der Waals surface area contributed by atoms with Gasteiger partial charge < -0.3 is 24.6 Å². The quantitative estimate of drug-likeness (QED) is 0.737. The van der Waals surface area contributed by atoms with Gasteiger partial charge in [-0.2, -0.15) is 0 Å². The molecule has 7 heteroatoms. The zero-order valence-corrected chi connectivity index (χ0v) is 16.6. The van der Waals surface area contributed by atoms with Crippen LogP contribution in [0.25, 0.3) is 0 Å². The van der Waals surface area contributed by atoms with E-state index in [9.17, 15) is 14.7 Å². The van der Waals surface area contributed by atoms with Crippen molar-refractivity contribution in [3.63, 3.8) is 0 Å². The van der Waals surface area contributed by atoms with Gasteiger partial charge in [-0.25, -0.2) is 0 Å². The Hall–Kier alpha value is -2.28. The number of hydrogen-bond acceptors (Lipinski definition) is 6. The van der Waals surface area contributed by atoms with Crippen molar-refractivity contribution in [2.75, 3.05) is 12.1 Å². The first-order valence-electron chi connectivity index (χ1n) is 10.4. The molecule has 1 amide bonds. The van der Waals surface area contributed by atoms with Crippen molar-refractivity contribution in [1.29, 1.82) is 0 Å². The SMILES string of the molecule is C[C@H](OC(=O)CC12C[C@H]3C[C@@H](CC(O)(C3)C1)C2)C(=O)Nc1ccc2c(c1)OCO2. The number of hydrogen-bond donors (Lipinski definition) is 2. The molecule has 1 aromatic rings. The van der Waals surface area contributed by atoms with Crippen LogP contribution in [0.15, 0.2) is 18.2 Å². The van der Waals surface area contributed by atoms with Crippen molar-refractivity contribution >= 4 is 17.6 Å². The molecule has 0 spiro atoms. The summed E-state index contributed by atoms with van der Waals surface area (Å²) in [6.45, 7) is 1.74. The van der Waals surface area contributed by atoms with Gasteiger partial charge in [0.25, 0.3) is 5.91 Å². The molecule has 29 heavy (non-hydrogen) atoms. The van der Waals surface area contributed by atoms with E-state index in [2.05, 4.69) is 5.32 Å². The molecule has 1 heterocycles. The van der Waals surface area contributed by atoms with E-state index in [-0.39, 0.29) is 30.5 Å². The van der Waals surface area contributed by atoms with Crippen LogP contribution in [-0.4, -0.2) is 35.5 Å². The Labute approximate surface area is 169 Å². The lowest BCUT2D eigenvalue weighted by atomic mass is 9.47. The normalized spacial score (nSPS) is 34.7. The third kappa shape index (κ3) is 3.56. The summed E-state index contributed by atoms with van der Waals surface area (Å²) in [5.41, 5.74) is -0.207. The second-order valence-electron chi connectivity index (χ2n) is 9.55. The van der Waals surface area contributed by atoms with E-state index < -0.39 is 11.7 Å². The molecule has 0 aromatic heterocycles. The number of esters is 1. The highest BCUT2D eigenvalue weighted by Gasteiger charge is 2.57. The van der Waals surface area contributed by atoms with Crippen molar-refractivity contribution in [3.05, 3.63) is 18.2 Å². The maximum atomic E-state index is 12.6. The van der Waals surface area contributed by atoms with Crippen molar-refractivity contribution in [2.45, 2.75) is 63.6 Å². The molecule has 1 aromatic carbocycles. The predicted molar refractivity (Wildman–Crippen MR) is 103 cm³/mol. The molecular formula is C22H27NO6. The van der Waals surface area contributed by atoms with Crippen LogP contribution in [0.1, 0.15) is 51.9 Å². The lowest BCUT2D eigenvalue weighted by molar-refractivity contribution is -0.179. The highest BCUT2D eigenvalue weighted by molar-refractivity contribution is 5.95. The first-order valence-corrected chi connectivity index (χ1v) is 10.4. The Morgan fingerprint density at radius 3 is 2.66 bits per heavy atom. The lowest BCUT2D eigenvalue weighted by Crippen LogP contribution is -2.56. The number of rotatable bonds is 5. The molecule has 4 fully saturated rings. The zero-order chi connectivity index (χ0) is 20.2. The number of benzene rings is 1. The van der Waals surface area contributed by atoms with Crippen LogP contribution in [0, 0.1) is 17.3 Å². The van der Waals surface area contributed by atoms with Gasteiger partial charge in [0.1, 0.15) is 0 Å². The van der Waals surface area contributed by atoms with E-state index in [0.29, 0.717) is 35.4 Å². The Kier molecular flexibility index (Phi) is 4.28. The fourth-order valence-electron chi connectivity index (χ4n) is 6.43. The van der Waals surface area contributed by atoms with E-state index in [0.717, 1.165) is 25.7 Å². The van der Waals surface area contributed by atoms with Gasteiger partial charge >= 0.3 is 5.97 Å². The van der Waals surface area contributed by atoms with E-state index in [1.54, 1.807) is 25.1 Å². The zero-order valence-electron chi connectivity index (χ0n) is 16.6. The van der Waals surface area contributed by atoms with Gasteiger partial charge in [-0.1, -0.05) is 0 Å². The van der Waals surface area contributed by atoms with Crippen molar-refractivity contribution < 1.29 is 28.9 Å². The lowest BCUT2D eigenvalue weighted by Gasteiger charge is -2.60. The van der Waals surface area contributed by atoms with Crippen molar-refractivity contribution in [3.8, 4) is 11.5 Å². The summed E-state index contributed by atoms with van der Waals surface area (Å²) < 4.78 is 16.0. The van der Waals surface area contributed by atoms with Gasteiger partial charge in [-0.15, -0.1) is 0 Å². The third-order valence-electron chi connectivity index (χ3n) is 6.99. The fourth-order valence-corrected chi connectivity index (χ4v) is 6.43. The van der Waals surface area contributed by atoms with Crippen LogP contribution in [0.5, 0.6) is 11.5 Å². The number of ether oxygens (including phenoxy) is 3. The number of anilines is 1. The Morgan fingerprint density at radius 2 is 1.93 bits per heavy atom. The highest BCUT2D eigenvalue weighted by Crippen LogP contribution is 2.62. The number of aliphatic hydroxyl groups is 1.